The van der Waals surface area contributed by atoms with E-state index in [1.54, 1.807) is 0 Å². The molecule has 10 rings (SSSR count). The van der Waals surface area contributed by atoms with E-state index in [0.29, 0.717) is 0 Å². The SMILES string of the molecule is CC(C)(C)c1cc2c(cc1-c1ccccc1)[CH]([Zr]([Cl])([Cl])(=[C](C(c1ccccc1)c1ccccc1)C(c1ccccc1)c1ccccc1)[CH]1C=CC=C1)c1cc(-c3ccccc3)c(C(C)(C)C)cc1-2. The number of allylic oxidation sites excluding steroid dienone is 4. The fourth-order valence-electron chi connectivity index (χ4n) is 11.6. The van der Waals surface area contributed by atoms with Crippen LogP contribution < -0.4 is 0 Å². The van der Waals surface area contributed by atoms with Gasteiger partial charge in [0, 0.05) is 0 Å². The minimum atomic E-state index is -6.12. The molecule has 0 radical (unpaired) electrons. The zero-order valence-electron chi connectivity index (χ0n) is 40.0. The number of halogens is 2. The molecule has 0 bridgehead atoms. The molecule has 0 saturated heterocycles. The van der Waals surface area contributed by atoms with E-state index in [-0.39, 0.29) is 29.9 Å². The van der Waals surface area contributed by atoms with Crippen LogP contribution in [0, 0.1) is 0 Å². The van der Waals surface area contributed by atoms with Crippen molar-refractivity contribution < 1.29 is 15.9 Å². The molecule has 0 aliphatic heterocycles. The molecule has 0 spiro atoms. The van der Waals surface area contributed by atoms with Crippen LogP contribution in [0.5, 0.6) is 0 Å². The van der Waals surface area contributed by atoms with E-state index in [1.165, 1.54) is 81.1 Å². The van der Waals surface area contributed by atoms with Gasteiger partial charge in [0.2, 0.25) is 0 Å². The van der Waals surface area contributed by atoms with Crippen LogP contribution in [0.4, 0.5) is 0 Å². The third-order valence-corrected chi connectivity index (χ3v) is 35.0. The maximum absolute atomic E-state index is 9.71. The Labute approximate surface area is 412 Å². The molecule has 8 aromatic rings. The number of rotatable bonds is 10. The minimum absolute atomic E-state index is 0.166. The van der Waals surface area contributed by atoms with Crippen LogP contribution in [0.15, 0.2) is 231 Å². The van der Waals surface area contributed by atoms with Crippen molar-refractivity contribution in [3.05, 3.63) is 275 Å². The number of benzene rings is 8. The van der Waals surface area contributed by atoms with Crippen molar-refractivity contribution in [2.45, 2.75) is 71.5 Å². The molecular weight excluding hydrogens is 943 g/mol. The predicted octanol–water partition coefficient (Wildman–Crippen LogP) is 18.4. The molecule has 2 aliphatic carbocycles. The Morgan fingerprint density at radius 2 is 0.691 bits per heavy atom. The third-order valence-electron chi connectivity index (χ3n) is 14.7. The van der Waals surface area contributed by atoms with Crippen LogP contribution in [0.25, 0.3) is 33.4 Å². The Balaban J connectivity index is 1.48. The Kier molecular flexibility index (Phi) is 12.4. The van der Waals surface area contributed by atoms with E-state index in [4.69, 9.17) is 0 Å². The number of fused-ring (bicyclic) bond motifs is 3. The van der Waals surface area contributed by atoms with E-state index < -0.39 is 15.9 Å². The van der Waals surface area contributed by atoms with Crippen molar-refractivity contribution in [3.8, 4) is 33.4 Å². The summed E-state index contributed by atoms with van der Waals surface area (Å²) in [6, 6.07) is 76.1. The molecule has 338 valence electrons. The van der Waals surface area contributed by atoms with Gasteiger partial charge in [0.15, 0.2) is 0 Å². The van der Waals surface area contributed by atoms with E-state index >= 15 is 0 Å². The second kappa shape index (κ2) is 18.1. The molecule has 0 saturated carbocycles. The Hall–Kier alpha value is -5.43. The summed E-state index contributed by atoms with van der Waals surface area (Å²) in [5.41, 5.74) is 16.7. The van der Waals surface area contributed by atoms with Gasteiger partial charge in [-0.1, -0.05) is 0 Å². The topological polar surface area (TPSA) is 0 Å². The van der Waals surface area contributed by atoms with Crippen LogP contribution >= 0.6 is 17.0 Å². The van der Waals surface area contributed by atoms with E-state index in [2.05, 4.69) is 272 Å². The molecule has 2 aliphatic rings. The summed E-state index contributed by atoms with van der Waals surface area (Å²) in [6.07, 6.45) is 9.06. The Bertz CT molecular complexity index is 2940. The molecule has 0 amide bonds. The number of hydrogen-bond donors (Lipinski definition) is 0. The van der Waals surface area contributed by atoms with Gasteiger partial charge < -0.3 is 0 Å². The van der Waals surface area contributed by atoms with Crippen molar-refractivity contribution in [1.29, 1.82) is 0 Å². The number of hydrogen-bond acceptors (Lipinski definition) is 0. The van der Waals surface area contributed by atoms with Gasteiger partial charge in [0.25, 0.3) is 0 Å². The summed E-state index contributed by atoms with van der Waals surface area (Å²) in [5.74, 6) is -0.522. The first kappa shape index (κ1) is 46.3. The van der Waals surface area contributed by atoms with Gasteiger partial charge in [-0.3, -0.25) is 0 Å². The van der Waals surface area contributed by atoms with Gasteiger partial charge in [0.05, 0.1) is 0 Å². The normalized spacial score (nSPS) is 14.2. The molecule has 0 N–H and O–H groups in total. The van der Waals surface area contributed by atoms with Crippen molar-refractivity contribution in [2.24, 2.45) is 0 Å². The second-order valence-corrected chi connectivity index (χ2v) is 42.0. The van der Waals surface area contributed by atoms with Gasteiger partial charge in [0.1, 0.15) is 0 Å². The molecule has 0 unspecified atom stereocenters. The van der Waals surface area contributed by atoms with E-state index in [1.807, 2.05) is 0 Å². The van der Waals surface area contributed by atoms with Gasteiger partial charge in [-0.25, -0.2) is 0 Å². The summed E-state index contributed by atoms with van der Waals surface area (Å²) in [6.45, 7) is 14.1. The average molecular weight is 1000 g/mol. The summed E-state index contributed by atoms with van der Waals surface area (Å²) in [4.78, 5) is 0. The molecule has 0 fully saturated rings. The average Bonchev–Trinajstić information content (AvgIpc) is 4.03. The molecular formula is C65H60Cl2Zr. The van der Waals surface area contributed by atoms with Crippen molar-refractivity contribution >= 4 is 20.2 Å². The van der Waals surface area contributed by atoms with Gasteiger partial charge >= 0.3 is 416 Å². The predicted molar refractivity (Wildman–Crippen MR) is 290 cm³/mol. The molecule has 68 heavy (non-hydrogen) atoms. The Morgan fingerprint density at radius 1 is 0.397 bits per heavy atom. The van der Waals surface area contributed by atoms with Crippen molar-refractivity contribution in [2.75, 3.05) is 0 Å². The van der Waals surface area contributed by atoms with Crippen molar-refractivity contribution in [1.82, 2.24) is 0 Å². The zero-order valence-corrected chi connectivity index (χ0v) is 44.0. The first-order valence-electron chi connectivity index (χ1n) is 24.2. The first-order valence-corrected chi connectivity index (χ1v) is 34.6. The van der Waals surface area contributed by atoms with E-state index in [9.17, 15) is 17.0 Å². The maximum atomic E-state index is 9.71. The van der Waals surface area contributed by atoms with Crippen LogP contribution in [0.3, 0.4) is 0 Å². The Morgan fingerprint density at radius 3 is 0.985 bits per heavy atom. The molecule has 3 heteroatoms. The fourth-order valence-corrected chi connectivity index (χ4v) is 32.0. The summed E-state index contributed by atoms with van der Waals surface area (Å²) >= 11 is -6.12. The van der Waals surface area contributed by atoms with Crippen LogP contribution in [-0.2, 0) is 26.7 Å². The summed E-state index contributed by atoms with van der Waals surface area (Å²) < 4.78 is 0.625. The van der Waals surface area contributed by atoms with Crippen molar-refractivity contribution in [3.63, 3.8) is 0 Å². The van der Waals surface area contributed by atoms with Crippen LogP contribution in [-0.4, -0.2) is 3.21 Å². The summed E-state index contributed by atoms with van der Waals surface area (Å²) in [7, 11) is 19.4. The van der Waals surface area contributed by atoms with Gasteiger partial charge in [-0.05, 0) is 0 Å². The monoisotopic (exact) mass is 1000 g/mol. The zero-order chi connectivity index (χ0) is 47.3. The first-order chi connectivity index (χ1) is 32.7. The van der Waals surface area contributed by atoms with Gasteiger partial charge in [-0.15, -0.1) is 0 Å². The molecule has 0 aromatic heterocycles. The van der Waals surface area contributed by atoms with Crippen LogP contribution in [0.1, 0.15) is 102 Å². The summed E-state index contributed by atoms with van der Waals surface area (Å²) in [5, 5.41) is 0. The van der Waals surface area contributed by atoms with Gasteiger partial charge in [-0.2, -0.15) is 0 Å². The molecule has 0 atom stereocenters. The molecule has 8 aromatic carbocycles. The molecule has 0 heterocycles. The third kappa shape index (κ3) is 8.23. The quantitative estimate of drug-likeness (QED) is 0.128. The fraction of sp³-hybridized carbons (Fsp3) is 0.185. The molecule has 0 nitrogen and oxygen atoms in total. The second-order valence-electron chi connectivity index (χ2n) is 21.0. The standard InChI is InChI=1S/C33H33.C27H22.C5H5.2ClH.Zr/c1-32(2,3)30-20-26-24(18-28(30)22-13-9-7-10-14-22)17-25-19-29(23-15-11-8-12-16-23)31(21-27(25)26)33(4,5)6;1-5-13-22(14-6-1)26(23-15-7-2-8-16-23)21-27(24-17-9-3-10-18-24)25-19-11-4-12-20-25;1-2-4-5-3-1;;;/h7-21H,1-6H3;1-20,26-27H;1-5H;2*1H;/q;;;;;+2/p-2. The van der Waals surface area contributed by atoms with E-state index in [0.717, 1.165) is 0 Å². The van der Waals surface area contributed by atoms with Crippen LogP contribution in [0.2, 0.25) is 3.63 Å².